The summed E-state index contributed by atoms with van der Waals surface area (Å²) in [4.78, 5) is 23.2. The van der Waals surface area contributed by atoms with Gasteiger partial charge in [-0.25, -0.2) is 0 Å². The zero-order chi connectivity index (χ0) is 16.2. The van der Waals surface area contributed by atoms with Crippen molar-refractivity contribution in [3.05, 3.63) is 12.7 Å². The molecule has 0 aromatic heterocycles. The summed E-state index contributed by atoms with van der Waals surface area (Å²) < 4.78 is 5.90. The number of fused-ring (bicyclic) bond motifs is 2. The number of rotatable bonds is 6. The van der Waals surface area contributed by atoms with Gasteiger partial charge >= 0.3 is 5.97 Å². The van der Waals surface area contributed by atoms with Crippen LogP contribution in [0.2, 0.25) is 0 Å². The van der Waals surface area contributed by atoms with Gasteiger partial charge in [0.2, 0.25) is 5.91 Å². The summed E-state index contributed by atoms with van der Waals surface area (Å²) in [7, 11) is 0. The highest BCUT2D eigenvalue weighted by molar-refractivity contribution is 5.87. The number of carbonyl (C=O) groups excluding carboxylic acids is 2. The molecule has 0 aromatic carbocycles. The average molecular weight is 307 g/mol. The van der Waals surface area contributed by atoms with Gasteiger partial charge in [-0.1, -0.05) is 20.4 Å². The van der Waals surface area contributed by atoms with Crippen LogP contribution in [-0.4, -0.2) is 24.0 Å². The molecule has 2 unspecified atom stereocenters. The highest BCUT2D eigenvalue weighted by atomic mass is 16.6. The second-order valence-corrected chi connectivity index (χ2v) is 7.21. The first-order chi connectivity index (χ1) is 10.5. The maximum Gasteiger partial charge on any atom is 0.308 e. The zero-order valence-corrected chi connectivity index (χ0v) is 13.9. The summed E-state index contributed by atoms with van der Waals surface area (Å²) in [5.41, 5.74) is -0.271. The van der Waals surface area contributed by atoms with Gasteiger partial charge in [0.15, 0.2) is 0 Å². The third kappa shape index (κ3) is 4.34. The molecule has 2 fully saturated rings. The lowest BCUT2D eigenvalue weighted by atomic mass is 9.62. The molecule has 2 aliphatic rings. The zero-order valence-electron chi connectivity index (χ0n) is 13.9. The molecule has 2 aliphatic carbocycles. The Morgan fingerprint density at radius 2 is 1.91 bits per heavy atom. The van der Waals surface area contributed by atoms with Gasteiger partial charge in [-0.2, -0.15) is 0 Å². The van der Waals surface area contributed by atoms with E-state index in [-0.39, 0.29) is 23.9 Å². The molecule has 2 rings (SSSR count). The number of carbonyl (C=O) groups is 2. The molecule has 4 nitrogen and oxygen atoms in total. The van der Waals surface area contributed by atoms with Gasteiger partial charge < -0.3 is 10.1 Å². The number of ether oxygens (including phenoxy) is 1. The first-order valence-electron chi connectivity index (χ1n) is 8.58. The maximum atomic E-state index is 12.1. The molecule has 0 saturated heterocycles. The third-order valence-electron chi connectivity index (χ3n) is 5.25. The smallest absolute Gasteiger partial charge is 0.308 e. The third-order valence-corrected chi connectivity index (χ3v) is 5.25. The molecule has 1 amide bonds. The van der Waals surface area contributed by atoms with Crippen molar-refractivity contribution >= 4 is 11.9 Å². The normalized spacial score (nSPS) is 33.8. The van der Waals surface area contributed by atoms with Gasteiger partial charge in [0.05, 0.1) is 6.42 Å². The van der Waals surface area contributed by atoms with Crippen molar-refractivity contribution in [3.8, 4) is 0 Å². The van der Waals surface area contributed by atoms with Gasteiger partial charge in [0.25, 0.3) is 0 Å². The molecule has 2 atom stereocenters. The van der Waals surface area contributed by atoms with Crippen LogP contribution in [-0.2, 0) is 14.3 Å². The second-order valence-electron chi connectivity index (χ2n) is 7.21. The van der Waals surface area contributed by atoms with Gasteiger partial charge in [-0.3, -0.25) is 9.59 Å². The van der Waals surface area contributed by atoms with E-state index >= 15 is 0 Å². The first kappa shape index (κ1) is 17.0. The van der Waals surface area contributed by atoms with Crippen molar-refractivity contribution < 1.29 is 14.3 Å². The minimum Gasteiger partial charge on any atom is -0.459 e. The minimum atomic E-state index is -0.271. The summed E-state index contributed by atoms with van der Waals surface area (Å²) in [6.45, 7) is 8.16. The van der Waals surface area contributed by atoms with Gasteiger partial charge in [0.1, 0.15) is 5.60 Å². The van der Waals surface area contributed by atoms with Crippen LogP contribution in [0, 0.1) is 17.8 Å². The SMILES string of the molecule is C=CC(=O)NCCC(=O)OC1(CC)CC2CC(C)CC(C2)C1. The van der Waals surface area contributed by atoms with E-state index in [9.17, 15) is 9.59 Å². The van der Waals surface area contributed by atoms with Crippen LogP contribution >= 0.6 is 0 Å². The molecule has 22 heavy (non-hydrogen) atoms. The van der Waals surface area contributed by atoms with Crippen molar-refractivity contribution in [3.63, 3.8) is 0 Å². The Morgan fingerprint density at radius 1 is 1.27 bits per heavy atom. The summed E-state index contributed by atoms with van der Waals surface area (Å²) in [5.74, 6) is 1.77. The number of hydrogen-bond acceptors (Lipinski definition) is 3. The molecule has 124 valence electrons. The molecule has 0 heterocycles. The van der Waals surface area contributed by atoms with Crippen molar-refractivity contribution in [1.82, 2.24) is 5.32 Å². The van der Waals surface area contributed by atoms with Crippen LogP contribution in [0.15, 0.2) is 12.7 Å². The molecule has 0 aliphatic heterocycles. The lowest BCUT2D eigenvalue weighted by molar-refractivity contribution is -0.170. The Hall–Kier alpha value is -1.32. The monoisotopic (exact) mass is 307 g/mol. The van der Waals surface area contributed by atoms with Gasteiger partial charge in [-0.05, 0) is 62.4 Å². The van der Waals surface area contributed by atoms with Crippen LogP contribution in [0.1, 0.15) is 58.8 Å². The van der Waals surface area contributed by atoms with Crippen molar-refractivity contribution in [2.45, 2.75) is 64.4 Å². The first-order valence-corrected chi connectivity index (χ1v) is 8.58. The summed E-state index contributed by atoms with van der Waals surface area (Å²) in [6, 6.07) is 0. The predicted molar refractivity (Wildman–Crippen MR) is 86.2 cm³/mol. The maximum absolute atomic E-state index is 12.1. The van der Waals surface area contributed by atoms with Crippen molar-refractivity contribution in [1.29, 1.82) is 0 Å². The molecular weight excluding hydrogens is 278 g/mol. The van der Waals surface area contributed by atoms with Crippen molar-refractivity contribution in [2.24, 2.45) is 17.8 Å². The molecule has 0 spiro atoms. The quantitative estimate of drug-likeness (QED) is 0.605. The number of esters is 1. The Labute approximate surface area is 133 Å². The van der Waals surface area contributed by atoms with Gasteiger partial charge in [0, 0.05) is 6.54 Å². The molecule has 0 aromatic rings. The number of nitrogens with one attached hydrogen (secondary N) is 1. The number of hydrogen-bond donors (Lipinski definition) is 1. The topological polar surface area (TPSA) is 55.4 Å². The van der Waals surface area contributed by atoms with E-state index in [0.29, 0.717) is 18.4 Å². The molecule has 4 heteroatoms. The summed E-state index contributed by atoms with van der Waals surface area (Å²) >= 11 is 0. The van der Waals surface area contributed by atoms with E-state index in [1.54, 1.807) is 0 Å². The van der Waals surface area contributed by atoms with E-state index in [1.165, 1.54) is 25.3 Å². The molecule has 2 saturated carbocycles. The van der Waals surface area contributed by atoms with Crippen LogP contribution in [0.3, 0.4) is 0 Å². The van der Waals surface area contributed by atoms with Crippen LogP contribution in [0.25, 0.3) is 0 Å². The number of amides is 1. The Morgan fingerprint density at radius 3 is 2.45 bits per heavy atom. The molecule has 1 N–H and O–H groups in total. The standard InChI is InChI=1S/C18H29NO3/c1-4-16(20)19-7-6-17(21)22-18(5-2)11-14-8-13(3)9-15(10-14)12-18/h4,13-15H,1,5-12H2,2-3H3,(H,19,20). The van der Waals surface area contributed by atoms with Crippen molar-refractivity contribution in [2.75, 3.05) is 6.54 Å². The van der Waals surface area contributed by atoms with E-state index in [2.05, 4.69) is 25.7 Å². The summed E-state index contributed by atoms with van der Waals surface area (Å²) in [6.07, 6.45) is 8.19. The minimum absolute atomic E-state index is 0.195. The molecule has 0 radical (unpaired) electrons. The highest BCUT2D eigenvalue weighted by Crippen LogP contribution is 2.49. The lowest BCUT2D eigenvalue weighted by Crippen LogP contribution is -2.45. The average Bonchev–Trinajstić information content (AvgIpc) is 2.45. The van der Waals surface area contributed by atoms with E-state index < -0.39 is 0 Å². The largest absolute Gasteiger partial charge is 0.459 e. The van der Waals surface area contributed by atoms with Crippen LogP contribution < -0.4 is 5.32 Å². The molecule has 2 bridgehead atoms. The van der Waals surface area contributed by atoms with Gasteiger partial charge in [-0.15, -0.1) is 0 Å². The van der Waals surface area contributed by atoms with E-state index in [0.717, 1.165) is 25.2 Å². The highest BCUT2D eigenvalue weighted by Gasteiger charge is 2.44. The Balaban J connectivity index is 1.87. The van der Waals surface area contributed by atoms with E-state index in [4.69, 9.17) is 4.74 Å². The Bertz CT molecular complexity index is 414. The fraction of sp³-hybridized carbons (Fsp3) is 0.778. The van der Waals surface area contributed by atoms with E-state index in [1.807, 2.05) is 0 Å². The predicted octanol–water partition coefficient (Wildman–Crippen LogP) is 3.22. The lowest BCUT2D eigenvalue weighted by Gasteiger charge is -2.48. The molecular formula is C18H29NO3. The van der Waals surface area contributed by atoms with Crippen LogP contribution in [0.5, 0.6) is 0 Å². The van der Waals surface area contributed by atoms with Crippen LogP contribution in [0.4, 0.5) is 0 Å². The fourth-order valence-corrected chi connectivity index (χ4v) is 4.46. The Kier molecular flexibility index (Phi) is 5.65. The summed E-state index contributed by atoms with van der Waals surface area (Å²) in [5, 5.41) is 2.62. The second kappa shape index (κ2) is 7.30. The fourth-order valence-electron chi connectivity index (χ4n) is 4.46.